The van der Waals surface area contributed by atoms with Crippen molar-refractivity contribution in [2.24, 2.45) is 5.73 Å². The molecule has 1 saturated heterocycles. The Morgan fingerprint density at radius 3 is 2.75 bits per heavy atom. The standard InChI is InChI=1S/C13H19FN2/c14-12-3-1-2-11(10-12)4-7-16-8-5-13(15)6-9-16/h1-3,10,13H,4-9,15H2. The van der Waals surface area contributed by atoms with Crippen molar-refractivity contribution in [2.45, 2.75) is 25.3 Å². The fourth-order valence-electron chi connectivity index (χ4n) is 2.16. The number of piperidine rings is 1. The molecule has 0 unspecified atom stereocenters. The van der Waals surface area contributed by atoms with E-state index >= 15 is 0 Å². The van der Waals surface area contributed by atoms with E-state index in [9.17, 15) is 4.39 Å². The Kier molecular flexibility index (Phi) is 3.91. The van der Waals surface area contributed by atoms with E-state index in [4.69, 9.17) is 5.73 Å². The van der Waals surface area contributed by atoms with Gasteiger partial charge in [-0.2, -0.15) is 0 Å². The quantitative estimate of drug-likeness (QED) is 0.845. The Hall–Kier alpha value is -0.930. The van der Waals surface area contributed by atoms with Gasteiger partial charge < -0.3 is 10.6 Å². The second-order valence-electron chi connectivity index (χ2n) is 4.56. The first-order valence-electron chi connectivity index (χ1n) is 5.96. The van der Waals surface area contributed by atoms with Crippen LogP contribution < -0.4 is 5.73 Å². The number of likely N-dealkylation sites (tertiary alicyclic amines) is 1. The van der Waals surface area contributed by atoms with Crippen molar-refractivity contribution in [1.82, 2.24) is 4.90 Å². The first kappa shape index (κ1) is 11.6. The summed E-state index contributed by atoms with van der Waals surface area (Å²) in [4.78, 5) is 2.41. The molecule has 2 nitrogen and oxygen atoms in total. The molecule has 1 aliphatic heterocycles. The van der Waals surface area contributed by atoms with Crippen molar-refractivity contribution >= 4 is 0 Å². The van der Waals surface area contributed by atoms with Crippen LogP contribution >= 0.6 is 0 Å². The minimum absolute atomic E-state index is 0.141. The smallest absolute Gasteiger partial charge is 0.123 e. The lowest BCUT2D eigenvalue weighted by Gasteiger charge is -2.29. The highest BCUT2D eigenvalue weighted by atomic mass is 19.1. The summed E-state index contributed by atoms with van der Waals surface area (Å²) in [6, 6.07) is 7.25. The number of hydrogen-bond donors (Lipinski definition) is 1. The van der Waals surface area contributed by atoms with Gasteiger partial charge in [0.2, 0.25) is 0 Å². The summed E-state index contributed by atoms with van der Waals surface area (Å²) >= 11 is 0. The lowest BCUT2D eigenvalue weighted by molar-refractivity contribution is 0.215. The lowest BCUT2D eigenvalue weighted by atomic mass is 10.1. The average Bonchev–Trinajstić information content (AvgIpc) is 2.28. The number of hydrogen-bond acceptors (Lipinski definition) is 2. The number of nitrogens with two attached hydrogens (primary N) is 1. The van der Waals surface area contributed by atoms with Crippen molar-refractivity contribution in [3.05, 3.63) is 35.6 Å². The van der Waals surface area contributed by atoms with Crippen molar-refractivity contribution < 1.29 is 4.39 Å². The largest absolute Gasteiger partial charge is 0.328 e. The molecule has 1 aliphatic rings. The topological polar surface area (TPSA) is 29.3 Å². The van der Waals surface area contributed by atoms with E-state index in [-0.39, 0.29) is 5.82 Å². The van der Waals surface area contributed by atoms with Crippen LogP contribution in [0, 0.1) is 5.82 Å². The monoisotopic (exact) mass is 222 g/mol. The fourth-order valence-corrected chi connectivity index (χ4v) is 2.16. The molecule has 16 heavy (non-hydrogen) atoms. The second kappa shape index (κ2) is 5.41. The maximum absolute atomic E-state index is 13.0. The summed E-state index contributed by atoms with van der Waals surface area (Å²) in [5.41, 5.74) is 6.93. The molecule has 2 N–H and O–H groups in total. The zero-order chi connectivity index (χ0) is 11.4. The van der Waals surface area contributed by atoms with Crippen LogP contribution in [0.1, 0.15) is 18.4 Å². The number of nitrogens with zero attached hydrogens (tertiary/aromatic N) is 1. The summed E-state index contributed by atoms with van der Waals surface area (Å²) in [5, 5.41) is 0. The second-order valence-corrected chi connectivity index (χ2v) is 4.56. The predicted molar refractivity (Wildman–Crippen MR) is 63.8 cm³/mol. The van der Waals surface area contributed by atoms with Gasteiger partial charge in [0, 0.05) is 12.6 Å². The summed E-state index contributed by atoms with van der Waals surface area (Å²) < 4.78 is 13.0. The van der Waals surface area contributed by atoms with Crippen LogP contribution in [0.4, 0.5) is 4.39 Å². The maximum Gasteiger partial charge on any atom is 0.123 e. The SMILES string of the molecule is NC1CCN(CCc2cccc(F)c2)CC1. The van der Waals surface area contributed by atoms with Crippen LogP contribution in [0.25, 0.3) is 0 Å². The van der Waals surface area contributed by atoms with E-state index in [0.29, 0.717) is 6.04 Å². The zero-order valence-electron chi connectivity index (χ0n) is 9.53. The molecule has 0 aromatic heterocycles. The van der Waals surface area contributed by atoms with Crippen LogP contribution in [0.5, 0.6) is 0 Å². The van der Waals surface area contributed by atoms with Crippen molar-refractivity contribution in [3.63, 3.8) is 0 Å². The lowest BCUT2D eigenvalue weighted by Crippen LogP contribution is -2.40. The van der Waals surface area contributed by atoms with Crippen molar-refractivity contribution in [1.29, 1.82) is 0 Å². The molecule has 0 bridgehead atoms. The molecule has 0 aliphatic carbocycles. The summed E-state index contributed by atoms with van der Waals surface area (Å²) in [6.07, 6.45) is 3.10. The van der Waals surface area contributed by atoms with Gasteiger partial charge >= 0.3 is 0 Å². The Morgan fingerprint density at radius 2 is 2.06 bits per heavy atom. The molecule has 0 radical (unpaired) electrons. The normalized spacial score (nSPS) is 18.9. The molecule has 1 heterocycles. The number of halogens is 1. The molecule has 3 heteroatoms. The Morgan fingerprint density at radius 1 is 1.31 bits per heavy atom. The molecular formula is C13H19FN2. The highest BCUT2D eigenvalue weighted by Gasteiger charge is 2.15. The third-order valence-corrected chi connectivity index (χ3v) is 3.24. The van der Waals surface area contributed by atoms with Gasteiger partial charge in [-0.1, -0.05) is 12.1 Å². The summed E-state index contributed by atoms with van der Waals surface area (Å²) in [7, 11) is 0. The molecule has 2 rings (SSSR count). The average molecular weight is 222 g/mol. The third-order valence-electron chi connectivity index (χ3n) is 3.24. The molecule has 1 aromatic rings. The van der Waals surface area contributed by atoms with Gasteiger partial charge in [-0.25, -0.2) is 4.39 Å². The van der Waals surface area contributed by atoms with Crippen LogP contribution in [0.15, 0.2) is 24.3 Å². The van der Waals surface area contributed by atoms with E-state index in [0.717, 1.165) is 44.5 Å². The molecule has 0 atom stereocenters. The predicted octanol–water partition coefficient (Wildman–Crippen LogP) is 1.79. The third kappa shape index (κ3) is 3.29. The first-order valence-corrected chi connectivity index (χ1v) is 5.96. The first-order chi connectivity index (χ1) is 7.74. The Bertz CT molecular complexity index is 332. The minimum atomic E-state index is -0.141. The maximum atomic E-state index is 13.0. The highest BCUT2D eigenvalue weighted by molar-refractivity contribution is 5.16. The van der Waals surface area contributed by atoms with Gasteiger partial charge in [0.05, 0.1) is 0 Å². The molecular weight excluding hydrogens is 203 g/mol. The van der Waals surface area contributed by atoms with Gasteiger partial charge in [-0.15, -0.1) is 0 Å². The van der Waals surface area contributed by atoms with Crippen LogP contribution in [-0.4, -0.2) is 30.6 Å². The van der Waals surface area contributed by atoms with Crippen LogP contribution in [0.3, 0.4) is 0 Å². The molecule has 1 aromatic carbocycles. The Balaban J connectivity index is 1.79. The van der Waals surface area contributed by atoms with Crippen molar-refractivity contribution in [2.75, 3.05) is 19.6 Å². The van der Waals surface area contributed by atoms with Gasteiger partial charge in [0.15, 0.2) is 0 Å². The summed E-state index contributed by atoms with van der Waals surface area (Å²) in [6.45, 7) is 3.17. The van der Waals surface area contributed by atoms with E-state index in [1.807, 2.05) is 6.07 Å². The minimum Gasteiger partial charge on any atom is -0.328 e. The van der Waals surface area contributed by atoms with Gasteiger partial charge in [-0.05, 0) is 50.0 Å². The van der Waals surface area contributed by atoms with E-state index in [2.05, 4.69) is 4.90 Å². The summed E-state index contributed by atoms with van der Waals surface area (Å²) in [5.74, 6) is -0.141. The fraction of sp³-hybridized carbons (Fsp3) is 0.538. The zero-order valence-corrected chi connectivity index (χ0v) is 9.53. The van der Waals surface area contributed by atoms with Crippen LogP contribution in [-0.2, 0) is 6.42 Å². The molecule has 88 valence electrons. The van der Waals surface area contributed by atoms with E-state index in [1.54, 1.807) is 12.1 Å². The van der Waals surface area contributed by atoms with Gasteiger partial charge in [0.25, 0.3) is 0 Å². The number of benzene rings is 1. The van der Waals surface area contributed by atoms with E-state index < -0.39 is 0 Å². The Labute approximate surface area is 96.2 Å². The van der Waals surface area contributed by atoms with Gasteiger partial charge in [0.1, 0.15) is 5.82 Å². The highest BCUT2D eigenvalue weighted by Crippen LogP contribution is 2.10. The molecule has 0 amide bonds. The van der Waals surface area contributed by atoms with Gasteiger partial charge in [-0.3, -0.25) is 0 Å². The molecule has 1 fully saturated rings. The van der Waals surface area contributed by atoms with Crippen LogP contribution in [0.2, 0.25) is 0 Å². The van der Waals surface area contributed by atoms with Crippen molar-refractivity contribution in [3.8, 4) is 0 Å². The number of rotatable bonds is 3. The molecule has 0 saturated carbocycles. The molecule has 0 spiro atoms. The van der Waals surface area contributed by atoms with E-state index in [1.165, 1.54) is 6.07 Å².